The van der Waals surface area contributed by atoms with E-state index in [-0.39, 0.29) is 12.4 Å². The molecule has 0 spiro atoms. The van der Waals surface area contributed by atoms with E-state index in [1.807, 2.05) is 6.07 Å². The van der Waals surface area contributed by atoms with E-state index in [9.17, 15) is 5.11 Å². The van der Waals surface area contributed by atoms with Crippen molar-refractivity contribution in [1.82, 2.24) is 0 Å². The van der Waals surface area contributed by atoms with Crippen LogP contribution in [0.15, 0.2) is 12.1 Å². The lowest BCUT2D eigenvalue weighted by Crippen LogP contribution is -1.93. The number of hydrogen-bond acceptors (Lipinski definition) is 2. The Kier molecular flexibility index (Phi) is 1.77. The molecule has 2 N–H and O–H groups in total. The molecular formula is C10H12O2. The molecule has 1 aliphatic rings. The fraction of sp³-hybridized carbons (Fsp3) is 0.400. The molecule has 0 saturated heterocycles. The van der Waals surface area contributed by atoms with Gasteiger partial charge in [-0.25, -0.2) is 0 Å². The van der Waals surface area contributed by atoms with Crippen LogP contribution in [0.2, 0.25) is 0 Å². The molecule has 0 atom stereocenters. The van der Waals surface area contributed by atoms with Crippen molar-refractivity contribution in [3.8, 4) is 5.75 Å². The van der Waals surface area contributed by atoms with Gasteiger partial charge in [-0.2, -0.15) is 0 Å². The molecule has 2 nitrogen and oxygen atoms in total. The number of benzene rings is 1. The third kappa shape index (κ3) is 0.994. The van der Waals surface area contributed by atoms with Crippen LogP contribution in [0.25, 0.3) is 0 Å². The number of hydrogen-bond donors (Lipinski definition) is 2. The van der Waals surface area contributed by atoms with Gasteiger partial charge in [-0.05, 0) is 36.5 Å². The zero-order valence-corrected chi connectivity index (χ0v) is 6.88. The van der Waals surface area contributed by atoms with Gasteiger partial charge in [0.2, 0.25) is 0 Å². The van der Waals surface area contributed by atoms with E-state index in [0.717, 1.165) is 30.4 Å². The quantitative estimate of drug-likeness (QED) is 0.658. The number of rotatable bonds is 1. The lowest BCUT2D eigenvalue weighted by atomic mass is 10.0. The molecule has 0 amide bonds. The Bertz CT molecular complexity index is 305. The summed E-state index contributed by atoms with van der Waals surface area (Å²) in [5.74, 6) is 0.234. The first-order valence-electron chi connectivity index (χ1n) is 4.26. The fourth-order valence-electron chi connectivity index (χ4n) is 1.91. The van der Waals surface area contributed by atoms with Crippen LogP contribution in [-0.2, 0) is 19.4 Å². The molecule has 12 heavy (non-hydrogen) atoms. The minimum atomic E-state index is -0.0466. The van der Waals surface area contributed by atoms with Crippen molar-refractivity contribution < 1.29 is 10.2 Å². The van der Waals surface area contributed by atoms with Gasteiger partial charge in [0.25, 0.3) is 0 Å². The molecule has 0 bridgehead atoms. The zero-order valence-electron chi connectivity index (χ0n) is 6.88. The van der Waals surface area contributed by atoms with Crippen LogP contribution in [0.1, 0.15) is 23.1 Å². The van der Waals surface area contributed by atoms with E-state index in [1.165, 1.54) is 5.56 Å². The van der Waals surface area contributed by atoms with E-state index in [0.29, 0.717) is 0 Å². The Labute approximate surface area is 71.5 Å². The molecule has 1 aromatic carbocycles. The maximum atomic E-state index is 9.41. The fourth-order valence-corrected chi connectivity index (χ4v) is 1.91. The number of phenols is 1. The van der Waals surface area contributed by atoms with Crippen LogP contribution in [0, 0.1) is 0 Å². The van der Waals surface area contributed by atoms with Crippen LogP contribution in [0.3, 0.4) is 0 Å². The van der Waals surface area contributed by atoms with Crippen molar-refractivity contribution in [3.05, 3.63) is 28.8 Å². The first-order valence-corrected chi connectivity index (χ1v) is 4.26. The highest BCUT2D eigenvalue weighted by atomic mass is 16.3. The SMILES string of the molecule is OCc1c(O)ccc2c1CCC2. The Hall–Kier alpha value is -1.02. The van der Waals surface area contributed by atoms with Crippen molar-refractivity contribution in [3.63, 3.8) is 0 Å². The Morgan fingerprint density at radius 2 is 2.08 bits per heavy atom. The molecule has 0 fully saturated rings. The summed E-state index contributed by atoms with van der Waals surface area (Å²) in [4.78, 5) is 0. The molecule has 2 rings (SSSR count). The van der Waals surface area contributed by atoms with E-state index in [4.69, 9.17) is 5.11 Å². The van der Waals surface area contributed by atoms with Crippen molar-refractivity contribution in [1.29, 1.82) is 0 Å². The number of aliphatic hydroxyl groups is 1. The summed E-state index contributed by atoms with van der Waals surface area (Å²) in [7, 11) is 0. The predicted octanol–water partition coefficient (Wildman–Crippen LogP) is 1.37. The summed E-state index contributed by atoms with van der Waals surface area (Å²) >= 11 is 0. The number of aryl methyl sites for hydroxylation is 1. The summed E-state index contributed by atoms with van der Waals surface area (Å²) in [5, 5.41) is 18.4. The molecule has 0 heterocycles. The van der Waals surface area contributed by atoms with Crippen LogP contribution in [-0.4, -0.2) is 10.2 Å². The first kappa shape index (κ1) is 7.62. The van der Waals surface area contributed by atoms with Gasteiger partial charge in [-0.3, -0.25) is 0 Å². The molecule has 0 aromatic heterocycles. The van der Waals surface area contributed by atoms with Crippen molar-refractivity contribution in [2.24, 2.45) is 0 Å². The maximum absolute atomic E-state index is 9.41. The third-order valence-electron chi connectivity index (χ3n) is 2.53. The molecule has 0 radical (unpaired) electrons. The summed E-state index contributed by atoms with van der Waals surface area (Å²) < 4.78 is 0. The van der Waals surface area contributed by atoms with Gasteiger partial charge >= 0.3 is 0 Å². The monoisotopic (exact) mass is 164 g/mol. The minimum Gasteiger partial charge on any atom is -0.508 e. The highest BCUT2D eigenvalue weighted by Crippen LogP contribution is 2.30. The van der Waals surface area contributed by atoms with Crippen molar-refractivity contribution >= 4 is 0 Å². The molecular weight excluding hydrogens is 152 g/mol. The number of aliphatic hydroxyl groups excluding tert-OH is 1. The Balaban J connectivity index is 2.57. The second kappa shape index (κ2) is 2.79. The maximum Gasteiger partial charge on any atom is 0.121 e. The highest BCUT2D eigenvalue weighted by molar-refractivity contribution is 5.46. The standard InChI is InChI=1S/C10H12O2/c11-6-9-8-3-1-2-7(8)4-5-10(9)12/h4-5,11-12H,1-3,6H2. The summed E-state index contributed by atoms with van der Waals surface area (Å²) in [6.07, 6.45) is 3.23. The van der Waals surface area contributed by atoms with Gasteiger partial charge in [-0.15, -0.1) is 0 Å². The molecule has 2 heteroatoms. The average molecular weight is 164 g/mol. The molecule has 0 aliphatic heterocycles. The average Bonchev–Trinajstić information content (AvgIpc) is 2.52. The summed E-state index contributed by atoms with van der Waals surface area (Å²) in [5.41, 5.74) is 3.18. The number of fused-ring (bicyclic) bond motifs is 1. The first-order chi connectivity index (χ1) is 5.83. The van der Waals surface area contributed by atoms with Crippen LogP contribution in [0.5, 0.6) is 5.75 Å². The van der Waals surface area contributed by atoms with Gasteiger partial charge in [0.05, 0.1) is 6.61 Å². The third-order valence-corrected chi connectivity index (χ3v) is 2.53. The molecule has 1 aromatic rings. The number of aromatic hydroxyl groups is 1. The van der Waals surface area contributed by atoms with E-state index in [2.05, 4.69) is 0 Å². The minimum absolute atomic E-state index is 0.0466. The lowest BCUT2D eigenvalue weighted by Gasteiger charge is -2.07. The van der Waals surface area contributed by atoms with Gasteiger partial charge in [-0.1, -0.05) is 6.07 Å². The predicted molar refractivity (Wildman–Crippen MR) is 46.1 cm³/mol. The second-order valence-electron chi connectivity index (χ2n) is 3.21. The zero-order chi connectivity index (χ0) is 8.55. The topological polar surface area (TPSA) is 40.5 Å². The highest BCUT2D eigenvalue weighted by Gasteiger charge is 2.16. The van der Waals surface area contributed by atoms with Crippen LogP contribution < -0.4 is 0 Å². The Morgan fingerprint density at radius 1 is 1.25 bits per heavy atom. The smallest absolute Gasteiger partial charge is 0.121 e. The Morgan fingerprint density at radius 3 is 2.83 bits per heavy atom. The normalized spacial score (nSPS) is 14.8. The van der Waals surface area contributed by atoms with Crippen LogP contribution >= 0.6 is 0 Å². The summed E-state index contributed by atoms with van der Waals surface area (Å²) in [6, 6.07) is 3.63. The van der Waals surface area contributed by atoms with Gasteiger partial charge in [0.15, 0.2) is 0 Å². The van der Waals surface area contributed by atoms with E-state index >= 15 is 0 Å². The molecule has 1 aliphatic carbocycles. The van der Waals surface area contributed by atoms with Crippen LogP contribution in [0.4, 0.5) is 0 Å². The second-order valence-corrected chi connectivity index (χ2v) is 3.21. The van der Waals surface area contributed by atoms with Gasteiger partial charge in [0.1, 0.15) is 5.75 Å². The largest absolute Gasteiger partial charge is 0.508 e. The van der Waals surface area contributed by atoms with Gasteiger partial charge < -0.3 is 10.2 Å². The molecule has 64 valence electrons. The molecule has 0 saturated carbocycles. The van der Waals surface area contributed by atoms with Gasteiger partial charge in [0, 0.05) is 5.56 Å². The van der Waals surface area contributed by atoms with E-state index in [1.54, 1.807) is 6.07 Å². The summed E-state index contributed by atoms with van der Waals surface area (Å²) in [6.45, 7) is -0.0466. The van der Waals surface area contributed by atoms with Crippen molar-refractivity contribution in [2.75, 3.05) is 0 Å². The lowest BCUT2D eigenvalue weighted by molar-refractivity contribution is 0.274. The van der Waals surface area contributed by atoms with E-state index < -0.39 is 0 Å². The molecule has 0 unspecified atom stereocenters. The van der Waals surface area contributed by atoms with Crippen molar-refractivity contribution in [2.45, 2.75) is 25.9 Å².